The average Bonchev–Trinajstić information content (AvgIpc) is 3.28. The van der Waals surface area contributed by atoms with Gasteiger partial charge in [0.05, 0.1) is 17.9 Å². The molecule has 0 saturated carbocycles. The van der Waals surface area contributed by atoms with Gasteiger partial charge in [-0.15, -0.1) is 23.1 Å². The summed E-state index contributed by atoms with van der Waals surface area (Å²) in [6, 6.07) is 9.50. The van der Waals surface area contributed by atoms with Crippen molar-refractivity contribution in [3.05, 3.63) is 58.8 Å². The lowest BCUT2D eigenvalue weighted by Gasteiger charge is -2.13. The molecule has 8 heteroatoms. The summed E-state index contributed by atoms with van der Waals surface area (Å²) in [5, 5.41) is 0.377. The first-order chi connectivity index (χ1) is 13.3. The molecule has 148 valence electrons. The zero-order chi connectivity index (χ0) is 20.3. The largest absolute Gasteiger partial charge is 0.444 e. The van der Waals surface area contributed by atoms with E-state index in [1.165, 1.54) is 23.1 Å². The molecular weight excluding hydrogens is 392 g/mol. The molecule has 0 saturated heterocycles. The lowest BCUT2D eigenvalue weighted by molar-refractivity contribution is 0.0962. The van der Waals surface area contributed by atoms with Gasteiger partial charge >= 0.3 is 0 Å². The number of thioether (sulfide) groups is 1. The van der Waals surface area contributed by atoms with Gasteiger partial charge in [-0.1, -0.05) is 51.1 Å². The lowest BCUT2D eigenvalue weighted by atomic mass is 9.94. The van der Waals surface area contributed by atoms with E-state index >= 15 is 0 Å². The molecule has 2 heterocycles. The topological polar surface area (TPSA) is 108 Å². The predicted molar refractivity (Wildman–Crippen MR) is 114 cm³/mol. The number of hydrogen-bond acceptors (Lipinski definition) is 8. The van der Waals surface area contributed by atoms with Crippen molar-refractivity contribution in [2.24, 2.45) is 5.73 Å². The number of carbonyl (C=O) groups is 1. The van der Waals surface area contributed by atoms with Crippen LogP contribution in [0.1, 0.15) is 53.7 Å². The Bertz CT molecular complexity index is 945. The van der Waals surface area contributed by atoms with Gasteiger partial charge in [-0.05, 0) is 5.56 Å². The van der Waals surface area contributed by atoms with Crippen LogP contribution in [0.15, 0.2) is 45.2 Å². The number of ketones is 1. The Morgan fingerprint density at radius 3 is 2.61 bits per heavy atom. The van der Waals surface area contributed by atoms with Crippen LogP contribution in [0.3, 0.4) is 0 Å². The molecule has 3 rings (SSSR count). The lowest BCUT2D eigenvalue weighted by Crippen LogP contribution is -2.21. The summed E-state index contributed by atoms with van der Waals surface area (Å²) in [4.78, 5) is 21.5. The minimum absolute atomic E-state index is 0.0896. The summed E-state index contributed by atoms with van der Waals surface area (Å²) in [5.41, 5.74) is 12.7. The van der Waals surface area contributed by atoms with Gasteiger partial charge in [-0.25, -0.2) is 9.97 Å². The number of nitrogens with two attached hydrogens (primary N) is 2. The Hall–Kier alpha value is -2.16. The van der Waals surface area contributed by atoms with Gasteiger partial charge in [0.2, 0.25) is 5.89 Å². The number of oxazole rings is 1. The number of thiazole rings is 1. The maximum Gasteiger partial charge on any atom is 0.204 e. The molecule has 0 bridgehead atoms. The van der Waals surface area contributed by atoms with Crippen molar-refractivity contribution < 1.29 is 9.21 Å². The third-order valence-corrected chi connectivity index (χ3v) is 6.55. The van der Waals surface area contributed by atoms with Crippen LogP contribution in [0.25, 0.3) is 0 Å². The van der Waals surface area contributed by atoms with Crippen LogP contribution in [0, 0.1) is 0 Å². The Balaban J connectivity index is 1.72. The molecule has 0 radical (unpaired) electrons. The highest BCUT2D eigenvalue weighted by atomic mass is 32.2. The Morgan fingerprint density at radius 2 is 2.00 bits per heavy atom. The van der Waals surface area contributed by atoms with Gasteiger partial charge in [0, 0.05) is 12.0 Å². The van der Waals surface area contributed by atoms with E-state index < -0.39 is 5.92 Å². The van der Waals surface area contributed by atoms with E-state index in [0.29, 0.717) is 22.5 Å². The second kappa shape index (κ2) is 8.46. The van der Waals surface area contributed by atoms with E-state index in [2.05, 4.69) is 30.7 Å². The first-order valence-electron chi connectivity index (χ1n) is 8.93. The quantitative estimate of drug-likeness (QED) is 0.438. The number of benzene rings is 1. The summed E-state index contributed by atoms with van der Waals surface area (Å²) in [5.74, 6) is 1.80. The van der Waals surface area contributed by atoms with Crippen molar-refractivity contribution in [2.75, 3.05) is 12.3 Å². The molecule has 28 heavy (non-hydrogen) atoms. The summed E-state index contributed by atoms with van der Waals surface area (Å²) in [6.45, 7) is 6.44. The zero-order valence-corrected chi connectivity index (χ0v) is 17.8. The fraction of sp³-hybridized carbons (Fsp3) is 0.350. The number of aromatic nitrogens is 2. The second-order valence-corrected chi connectivity index (χ2v) is 9.65. The fourth-order valence-electron chi connectivity index (χ4n) is 2.61. The van der Waals surface area contributed by atoms with Crippen LogP contribution < -0.4 is 11.5 Å². The Labute approximate surface area is 172 Å². The summed E-state index contributed by atoms with van der Waals surface area (Å²) >= 11 is 2.76. The first kappa shape index (κ1) is 20.6. The second-order valence-electron chi connectivity index (χ2n) is 7.41. The van der Waals surface area contributed by atoms with Crippen LogP contribution in [-0.4, -0.2) is 22.3 Å². The molecule has 3 aromatic rings. The molecule has 4 N–H and O–H groups in total. The molecule has 2 aromatic heterocycles. The van der Waals surface area contributed by atoms with Gasteiger partial charge in [0.25, 0.3) is 0 Å². The van der Waals surface area contributed by atoms with Gasteiger partial charge in [0.15, 0.2) is 10.8 Å². The molecule has 6 nitrogen and oxygen atoms in total. The van der Waals surface area contributed by atoms with Crippen molar-refractivity contribution in [2.45, 2.75) is 42.1 Å². The minimum Gasteiger partial charge on any atom is -0.444 e. The number of carbonyl (C=O) groups excluding carboxylic acids is 1. The molecule has 0 aliphatic carbocycles. The zero-order valence-electron chi connectivity index (χ0n) is 16.1. The molecule has 1 unspecified atom stereocenters. The number of rotatable bonds is 7. The van der Waals surface area contributed by atoms with Crippen LogP contribution in [-0.2, 0) is 11.2 Å². The first-order valence-corrected chi connectivity index (χ1v) is 10.7. The SMILES string of the molecule is CC(C)(C)c1cnc(CSc2sc(C(=O)C(CN)c3ccccc3)nc2N)o1. The highest BCUT2D eigenvalue weighted by Crippen LogP contribution is 2.36. The number of anilines is 1. The normalized spacial score (nSPS) is 12.9. The Kier molecular flexibility index (Phi) is 6.22. The number of Topliss-reactive ketones (excluding diaryl/α,β-unsaturated/α-hetero) is 1. The summed E-state index contributed by atoms with van der Waals surface area (Å²) in [7, 11) is 0. The average molecular weight is 417 g/mol. The molecule has 0 amide bonds. The van der Waals surface area contributed by atoms with Gasteiger partial charge in [-0.3, -0.25) is 4.79 Å². The minimum atomic E-state index is -0.425. The molecular formula is C20H24N4O2S2. The maximum atomic E-state index is 12.9. The monoisotopic (exact) mass is 416 g/mol. The van der Waals surface area contributed by atoms with Crippen molar-refractivity contribution in [1.29, 1.82) is 0 Å². The number of nitrogens with zero attached hydrogens (tertiary/aromatic N) is 2. The van der Waals surface area contributed by atoms with Crippen LogP contribution >= 0.6 is 23.1 Å². The molecule has 0 fully saturated rings. The van der Waals surface area contributed by atoms with Crippen molar-refractivity contribution in [3.63, 3.8) is 0 Å². The van der Waals surface area contributed by atoms with Gasteiger partial charge in [-0.2, -0.15) is 0 Å². The highest BCUT2D eigenvalue weighted by molar-refractivity contribution is 8.00. The van der Waals surface area contributed by atoms with Crippen LogP contribution in [0.5, 0.6) is 0 Å². The Morgan fingerprint density at radius 1 is 1.29 bits per heavy atom. The predicted octanol–water partition coefficient (Wildman–Crippen LogP) is 4.23. The van der Waals surface area contributed by atoms with Crippen LogP contribution in [0.4, 0.5) is 5.82 Å². The summed E-state index contributed by atoms with van der Waals surface area (Å²) in [6.07, 6.45) is 1.76. The molecule has 1 aromatic carbocycles. The van der Waals surface area contributed by atoms with E-state index in [9.17, 15) is 4.79 Å². The third-order valence-electron chi connectivity index (χ3n) is 4.20. The molecule has 1 atom stereocenters. The van der Waals surface area contributed by atoms with Crippen molar-refractivity contribution in [1.82, 2.24) is 9.97 Å². The molecule has 0 aliphatic rings. The van der Waals surface area contributed by atoms with E-state index in [4.69, 9.17) is 15.9 Å². The number of hydrogen-bond donors (Lipinski definition) is 2. The maximum absolute atomic E-state index is 12.9. The molecule has 0 aliphatic heterocycles. The van der Waals surface area contributed by atoms with Crippen LogP contribution in [0.2, 0.25) is 0 Å². The van der Waals surface area contributed by atoms with E-state index in [1.807, 2.05) is 30.3 Å². The van der Waals surface area contributed by atoms with Gasteiger partial charge < -0.3 is 15.9 Å². The number of nitrogen functional groups attached to an aromatic ring is 1. The van der Waals surface area contributed by atoms with E-state index in [0.717, 1.165) is 15.5 Å². The van der Waals surface area contributed by atoms with Crippen molar-refractivity contribution in [3.8, 4) is 0 Å². The van der Waals surface area contributed by atoms with Gasteiger partial charge in [0.1, 0.15) is 15.8 Å². The summed E-state index contributed by atoms with van der Waals surface area (Å²) < 4.78 is 6.59. The van der Waals surface area contributed by atoms with E-state index in [-0.39, 0.29) is 17.7 Å². The smallest absolute Gasteiger partial charge is 0.204 e. The van der Waals surface area contributed by atoms with E-state index in [1.54, 1.807) is 6.20 Å². The molecule has 0 spiro atoms. The fourth-order valence-corrected chi connectivity index (χ4v) is 4.55. The highest BCUT2D eigenvalue weighted by Gasteiger charge is 2.25. The van der Waals surface area contributed by atoms with Crippen molar-refractivity contribution >= 4 is 34.7 Å². The third kappa shape index (κ3) is 4.63. The standard InChI is InChI=1S/C20H24N4O2S2/c1-20(2,3)14-10-23-15(26-14)11-27-19-17(22)24-18(28-19)16(25)13(9-21)12-7-5-4-6-8-12/h4-8,10,13H,9,11,21-22H2,1-3H3.